The molecule has 1 aliphatic heterocycles. The summed E-state index contributed by atoms with van der Waals surface area (Å²) in [7, 11) is 3.66. The van der Waals surface area contributed by atoms with Crippen molar-refractivity contribution in [1.82, 2.24) is 4.90 Å². The van der Waals surface area contributed by atoms with Crippen molar-refractivity contribution in [2.75, 3.05) is 20.7 Å². The van der Waals surface area contributed by atoms with Crippen LogP contribution >= 0.6 is 0 Å². The Morgan fingerprint density at radius 2 is 1.95 bits per heavy atom. The van der Waals surface area contributed by atoms with E-state index >= 15 is 0 Å². The lowest BCUT2D eigenvalue weighted by molar-refractivity contribution is 0.288. The lowest BCUT2D eigenvalue weighted by atomic mass is 9.84. The van der Waals surface area contributed by atoms with Gasteiger partial charge >= 0.3 is 0 Å². The van der Waals surface area contributed by atoms with Gasteiger partial charge in [-0.25, -0.2) is 8.78 Å². The van der Waals surface area contributed by atoms with Crippen LogP contribution in [0.1, 0.15) is 22.6 Å². The Morgan fingerprint density at radius 3 is 2.67 bits per heavy atom. The van der Waals surface area contributed by atoms with E-state index in [0.29, 0.717) is 0 Å². The van der Waals surface area contributed by atoms with Gasteiger partial charge in [0, 0.05) is 24.6 Å². The molecule has 0 aliphatic carbocycles. The average Bonchev–Trinajstić information content (AvgIpc) is 2.48. The number of fused-ring (bicyclic) bond motifs is 1. The Labute approximate surface area is 123 Å². The molecule has 4 heteroatoms. The first kappa shape index (κ1) is 14.0. The van der Waals surface area contributed by atoms with Crippen molar-refractivity contribution in [3.8, 4) is 5.75 Å². The first-order valence-corrected chi connectivity index (χ1v) is 6.89. The van der Waals surface area contributed by atoms with Gasteiger partial charge in [-0.15, -0.1) is 0 Å². The van der Waals surface area contributed by atoms with E-state index in [2.05, 4.69) is 11.0 Å². The Bertz CT molecular complexity index is 672. The quantitative estimate of drug-likeness (QED) is 0.838. The minimum Gasteiger partial charge on any atom is -0.496 e. The van der Waals surface area contributed by atoms with Crippen LogP contribution in [0, 0.1) is 11.6 Å². The molecule has 0 unspecified atom stereocenters. The fraction of sp³-hybridized carbons (Fsp3) is 0.294. The van der Waals surface area contributed by atoms with Gasteiger partial charge in [0.25, 0.3) is 0 Å². The molecule has 0 aromatic heterocycles. The number of likely N-dealkylation sites (N-methyl/N-ethyl adjacent to an activating group) is 1. The van der Waals surface area contributed by atoms with Gasteiger partial charge in [-0.05, 0) is 36.4 Å². The molecule has 0 fully saturated rings. The maximum atomic E-state index is 13.6. The molecule has 2 aromatic rings. The molecule has 0 saturated heterocycles. The van der Waals surface area contributed by atoms with Crippen LogP contribution in [0.4, 0.5) is 8.78 Å². The van der Waals surface area contributed by atoms with Gasteiger partial charge in [-0.1, -0.05) is 18.2 Å². The molecule has 0 amide bonds. The zero-order chi connectivity index (χ0) is 15.0. The number of benzene rings is 2. The number of nitrogens with zero attached hydrogens (tertiary/aromatic N) is 1. The highest BCUT2D eigenvalue weighted by Crippen LogP contribution is 2.39. The molecule has 0 saturated carbocycles. The standard InChI is InChI=1S/C17H17F2NO/c1-20-9-12-4-3-5-16(21-2)17(12)13(10-20)11-6-7-14(18)15(19)8-11/h3-8,13H,9-10H2,1-2H3/t13-/m0/s1. The number of methoxy groups -OCH3 is 1. The normalized spacial score (nSPS) is 18.4. The Hall–Kier alpha value is -1.94. The van der Waals surface area contributed by atoms with E-state index in [1.807, 2.05) is 19.2 Å². The van der Waals surface area contributed by atoms with E-state index < -0.39 is 11.6 Å². The van der Waals surface area contributed by atoms with Crippen molar-refractivity contribution in [2.45, 2.75) is 12.5 Å². The minimum absolute atomic E-state index is 0.0231. The van der Waals surface area contributed by atoms with E-state index in [4.69, 9.17) is 4.74 Å². The molecule has 1 heterocycles. The summed E-state index contributed by atoms with van der Waals surface area (Å²) < 4.78 is 32.2. The van der Waals surface area contributed by atoms with E-state index in [9.17, 15) is 8.78 Å². The van der Waals surface area contributed by atoms with Gasteiger partial charge in [-0.3, -0.25) is 0 Å². The van der Waals surface area contributed by atoms with Crippen LogP contribution in [0.3, 0.4) is 0 Å². The number of rotatable bonds is 2. The molecule has 110 valence electrons. The summed E-state index contributed by atoms with van der Waals surface area (Å²) in [5.74, 6) is -0.847. The average molecular weight is 289 g/mol. The third-order valence-electron chi connectivity index (χ3n) is 4.01. The Balaban J connectivity index is 2.13. The van der Waals surface area contributed by atoms with Gasteiger partial charge in [0.1, 0.15) is 5.75 Å². The SMILES string of the molecule is COc1cccc2c1[C@H](c1ccc(F)c(F)c1)CN(C)C2. The minimum atomic E-state index is -0.817. The zero-order valence-electron chi connectivity index (χ0n) is 12.1. The van der Waals surface area contributed by atoms with Crippen molar-refractivity contribution in [3.63, 3.8) is 0 Å². The second-order valence-corrected chi connectivity index (χ2v) is 5.46. The van der Waals surface area contributed by atoms with Gasteiger partial charge in [0.2, 0.25) is 0 Å². The molecule has 1 aliphatic rings. The van der Waals surface area contributed by atoms with Crippen LogP contribution in [0.15, 0.2) is 36.4 Å². The van der Waals surface area contributed by atoms with Crippen LogP contribution in [0.2, 0.25) is 0 Å². The molecule has 0 radical (unpaired) electrons. The molecule has 2 aromatic carbocycles. The molecule has 21 heavy (non-hydrogen) atoms. The Kier molecular flexibility index (Phi) is 3.64. The largest absolute Gasteiger partial charge is 0.496 e. The molecule has 0 bridgehead atoms. The third kappa shape index (κ3) is 2.51. The van der Waals surface area contributed by atoms with E-state index in [0.717, 1.165) is 35.5 Å². The molecule has 1 atom stereocenters. The van der Waals surface area contributed by atoms with Crippen molar-refractivity contribution in [3.05, 3.63) is 64.7 Å². The van der Waals surface area contributed by atoms with E-state index in [-0.39, 0.29) is 5.92 Å². The van der Waals surface area contributed by atoms with Crippen molar-refractivity contribution >= 4 is 0 Å². The predicted molar refractivity (Wildman–Crippen MR) is 77.5 cm³/mol. The topological polar surface area (TPSA) is 12.5 Å². The summed E-state index contributed by atoms with van der Waals surface area (Å²) >= 11 is 0. The lowest BCUT2D eigenvalue weighted by Gasteiger charge is -2.33. The van der Waals surface area contributed by atoms with Crippen LogP contribution in [0.25, 0.3) is 0 Å². The van der Waals surface area contributed by atoms with Crippen LogP contribution in [-0.2, 0) is 6.54 Å². The fourth-order valence-corrected chi connectivity index (χ4v) is 3.06. The highest BCUT2D eigenvalue weighted by atomic mass is 19.2. The van der Waals surface area contributed by atoms with Crippen molar-refractivity contribution in [2.24, 2.45) is 0 Å². The summed E-state index contributed by atoms with van der Waals surface area (Å²) in [6.45, 7) is 1.57. The van der Waals surface area contributed by atoms with E-state index in [1.54, 1.807) is 13.2 Å². The van der Waals surface area contributed by atoms with Gasteiger partial charge in [0.05, 0.1) is 7.11 Å². The third-order valence-corrected chi connectivity index (χ3v) is 4.01. The molecule has 0 spiro atoms. The van der Waals surface area contributed by atoms with Crippen LogP contribution in [0.5, 0.6) is 5.75 Å². The second kappa shape index (κ2) is 5.45. The monoisotopic (exact) mass is 289 g/mol. The summed E-state index contributed by atoms with van der Waals surface area (Å²) in [6.07, 6.45) is 0. The summed E-state index contributed by atoms with van der Waals surface area (Å²) in [5.41, 5.74) is 3.01. The molecule has 0 N–H and O–H groups in total. The second-order valence-electron chi connectivity index (χ2n) is 5.46. The number of ether oxygens (including phenoxy) is 1. The molecular formula is C17H17F2NO. The highest BCUT2D eigenvalue weighted by Gasteiger charge is 2.28. The Morgan fingerprint density at radius 1 is 1.14 bits per heavy atom. The smallest absolute Gasteiger partial charge is 0.159 e. The van der Waals surface area contributed by atoms with Gasteiger partial charge < -0.3 is 9.64 Å². The maximum absolute atomic E-state index is 13.6. The fourth-order valence-electron chi connectivity index (χ4n) is 3.06. The number of halogens is 2. The highest BCUT2D eigenvalue weighted by molar-refractivity contribution is 5.49. The first-order valence-electron chi connectivity index (χ1n) is 6.89. The molecule has 2 nitrogen and oxygen atoms in total. The van der Waals surface area contributed by atoms with Gasteiger partial charge in [0.15, 0.2) is 11.6 Å². The number of hydrogen-bond donors (Lipinski definition) is 0. The van der Waals surface area contributed by atoms with Crippen molar-refractivity contribution in [1.29, 1.82) is 0 Å². The summed E-state index contributed by atoms with van der Waals surface area (Å²) in [6, 6.07) is 10.1. The zero-order valence-corrected chi connectivity index (χ0v) is 12.1. The maximum Gasteiger partial charge on any atom is 0.159 e. The molecular weight excluding hydrogens is 272 g/mol. The van der Waals surface area contributed by atoms with Crippen LogP contribution < -0.4 is 4.74 Å². The molecule has 3 rings (SSSR count). The van der Waals surface area contributed by atoms with Crippen LogP contribution in [-0.4, -0.2) is 25.6 Å². The summed E-state index contributed by atoms with van der Waals surface area (Å²) in [4.78, 5) is 2.17. The van der Waals surface area contributed by atoms with Crippen molar-refractivity contribution < 1.29 is 13.5 Å². The van der Waals surface area contributed by atoms with E-state index in [1.165, 1.54) is 12.1 Å². The first-order chi connectivity index (χ1) is 10.1. The predicted octanol–water partition coefficient (Wildman–Crippen LogP) is 3.55. The summed E-state index contributed by atoms with van der Waals surface area (Å²) in [5, 5.41) is 0. The van der Waals surface area contributed by atoms with Gasteiger partial charge in [-0.2, -0.15) is 0 Å². The lowest BCUT2D eigenvalue weighted by Crippen LogP contribution is -2.31. The number of hydrogen-bond acceptors (Lipinski definition) is 2.